The molecule has 0 fully saturated rings. The molecule has 1 amide bonds. The van der Waals surface area contributed by atoms with Crippen molar-refractivity contribution in [2.24, 2.45) is 0 Å². The highest BCUT2D eigenvalue weighted by molar-refractivity contribution is 6.06. The molecule has 0 atom stereocenters. The van der Waals surface area contributed by atoms with Crippen molar-refractivity contribution in [2.75, 3.05) is 5.32 Å². The van der Waals surface area contributed by atoms with Gasteiger partial charge in [-0.1, -0.05) is 24.3 Å². The van der Waals surface area contributed by atoms with E-state index in [1.807, 2.05) is 0 Å². The van der Waals surface area contributed by atoms with E-state index in [-0.39, 0.29) is 0 Å². The van der Waals surface area contributed by atoms with Crippen LogP contribution in [-0.4, -0.2) is 20.7 Å². The summed E-state index contributed by atoms with van der Waals surface area (Å²) in [6.07, 6.45) is -1.87. The number of para-hydroxylation sites is 2. The lowest BCUT2D eigenvalue weighted by Gasteiger charge is -2.14. The van der Waals surface area contributed by atoms with Gasteiger partial charge < -0.3 is 5.32 Å². The molecule has 3 rings (SSSR count). The zero-order valence-corrected chi connectivity index (χ0v) is 12.2. The average Bonchev–Trinajstić information content (AvgIpc) is 3.09. The molecule has 8 heteroatoms. The van der Waals surface area contributed by atoms with Gasteiger partial charge in [-0.3, -0.25) is 4.79 Å². The van der Waals surface area contributed by atoms with Crippen LogP contribution in [0.2, 0.25) is 0 Å². The van der Waals surface area contributed by atoms with Crippen LogP contribution in [0, 0.1) is 0 Å². The van der Waals surface area contributed by atoms with Gasteiger partial charge in [0.25, 0.3) is 5.91 Å². The monoisotopic (exact) mass is 332 g/mol. The van der Waals surface area contributed by atoms with E-state index in [0.29, 0.717) is 11.4 Å². The number of hydrogen-bond acceptors (Lipinski definition) is 3. The quantitative estimate of drug-likeness (QED) is 0.798. The number of alkyl halides is 3. The van der Waals surface area contributed by atoms with Gasteiger partial charge in [0, 0.05) is 0 Å². The molecule has 1 N–H and O–H groups in total. The third-order valence-corrected chi connectivity index (χ3v) is 3.29. The number of nitrogens with zero attached hydrogens (tertiary/aromatic N) is 3. The minimum absolute atomic E-state index is 0.324. The van der Waals surface area contributed by atoms with Gasteiger partial charge in [0.05, 0.1) is 22.5 Å². The molecule has 0 aliphatic heterocycles. The van der Waals surface area contributed by atoms with Gasteiger partial charge in [0.15, 0.2) is 0 Å². The lowest BCUT2D eigenvalue weighted by atomic mass is 10.1. The molecule has 24 heavy (non-hydrogen) atoms. The van der Waals surface area contributed by atoms with Gasteiger partial charge >= 0.3 is 6.18 Å². The van der Waals surface area contributed by atoms with Crippen molar-refractivity contribution >= 4 is 11.6 Å². The van der Waals surface area contributed by atoms with E-state index in [0.717, 1.165) is 12.1 Å². The van der Waals surface area contributed by atoms with E-state index >= 15 is 0 Å². The second-order valence-corrected chi connectivity index (χ2v) is 4.85. The summed E-state index contributed by atoms with van der Waals surface area (Å²) in [5.74, 6) is -0.851. The van der Waals surface area contributed by atoms with Crippen LogP contribution in [0.4, 0.5) is 18.9 Å². The molecular weight excluding hydrogens is 321 g/mol. The van der Waals surface area contributed by atoms with E-state index in [9.17, 15) is 18.0 Å². The lowest BCUT2D eigenvalue weighted by Crippen LogP contribution is -2.19. The number of nitrogens with one attached hydrogen (secondary N) is 1. The minimum Gasteiger partial charge on any atom is -0.320 e. The van der Waals surface area contributed by atoms with Crippen LogP contribution < -0.4 is 5.32 Å². The number of anilines is 1. The Hall–Kier alpha value is -3.16. The summed E-state index contributed by atoms with van der Waals surface area (Å²) in [5, 5.41) is 6.46. The SMILES string of the molecule is O=C(Nc1ccccc1-n1cncn1)c1ccccc1C(F)(F)F. The van der Waals surface area contributed by atoms with Crippen molar-refractivity contribution in [3.05, 3.63) is 72.3 Å². The molecule has 0 aliphatic rings. The van der Waals surface area contributed by atoms with E-state index in [1.54, 1.807) is 24.3 Å². The van der Waals surface area contributed by atoms with Gasteiger partial charge in [-0.15, -0.1) is 0 Å². The number of hydrogen-bond donors (Lipinski definition) is 1. The standard InChI is InChI=1S/C16H11F3N4O/c17-16(18,19)12-6-2-1-5-11(12)15(24)22-13-7-3-4-8-14(13)23-10-20-9-21-23/h1-10H,(H,22,24). The molecule has 2 aromatic carbocycles. The van der Waals surface area contributed by atoms with Crippen molar-refractivity contribution < 1.29 is 18.0 Å². The first-order valence-electron chi connectivity index (χ1n) is 6.88. The maximum atomic E-state index is 13.0. The van der Waals surface area contributed by atoms with Gasteiger partial charge in [0.1, 0.15) is 12.7 Å². The zero-order valence-electron chi connectivity index (χ0n) is 12.2. The van der Waals surface area contributed by atoms with Crippen molar-refractivity contribution in [3.63, 3.8) is 0 Å². The fourth-order valence-corrected chi connectivity index (χ4v) is 2.23. The molecule has 0 saturated carbocycles. The average molecular weight is 332 g/mol. The highest BCUT2D eigenvalue weighted by Crippen LogP contribution is 2.32. The Morgan fingerprint density at radius 3 is 2.46 bits per heavy atom. The normalized spacial score (nSPS) is 11.3. The first-order chi connectivity index (χ1) is 11.5. The number of aromatic nitrogens is 3. The summed E-state index contributed by atoms with van der Waals surface area (Å²) in [6, 6.07) is 11.2. The summed E-state index contributed by atoms with van der Waals surface area (Å²) in [6.45, 7) is 0. The Morgan fingerprint density at radius 2 is 1.75 bits per heavy atom. The second kappa shape index (κ2) is 6.15. The van der Waals surface area contributed by atoms with E-state index in [2.05, 4.69) is 15.4 Å². The summed E-state index contributed by atoms with van der Waals surface area (Å²) >= 11 is 0. The van der Waals surface area contributed by atoms with Crippen LogP contribution in [0.5, 0.6) is 0 Å². The van der Waals surface area contributed by atoms with Crippen LogP contribution in [-0.2, 0) is 6.18 Å². The van der Waals surface area contributed by atoms with Gasteiger partial charge in [-0.25, -0.2) is 9.67 Å². The summed E-state index contributed by atoms with van der Waals surface area (Å²) in [5.41, 5.74) is -0.614. The number of amides is 1. The van der Waals surface area contributed by atoms with Gasteiger partial charge in [0.2, 0.25) is 0 Å². The zero-order chi connectivity index (χ0) is 17.2. The van der Waals surface area contributed by atoms with E-state index in [4.69, 9.17) is 0 Å². The fourth-order valence-electron chi connectivity index (χ4n) is 2.23. The van der Waals surface area contributed by atoms with Crippen LogP contribution >= 0.6 is 0 Å². The third kappa shape index (κ3) is 3.12. The Labute approximate surface area is 134 Å². The number of halogens is 3. The molecule has 3 aromatic rings. The molecule has 0 bridgehead atoms. The highest BCUT2D eigenvalue weighted by Gasteiger charge is 2.34. The van der Waals surface area contributed by atoms with Crippen molar-refractivity contribution in [1.82, 2.24) is 14.8 Å². The highest BCUT2D eigenvalue weighted by atomic mass is 19.4. The molecule has 0 aliphatic carbocycles. The maximum absolute atomic E-state index is 13.0. The van der Waals surface area contributed by atoms with Crippen LogP contribution in [0.1, 0.15) is 15.9 Å². The Kier molecular flexibility index (Phi) is 4.03. The number of carbonyl (C=O) groups excluding carboxylic acids is 1. The van der Waals surface area contributed by atoms with E-state index < -0.39 is 23.2 Å². The molecule has 5 nitrogen and oxygen atoms in total. The molecular formula is C16H11F3N4O. The Morgan fingerprint density at radius 1 is 1.04 bits per heavy atom. The largest absolute Gasteiger partial charge is 0.417 e. The van der Waals surface area contributed by atoms with Crippen LogP contribution in [0.15, 0.2) is 61.2 Å². The number of carbonyl (C=O) groups is 1. The molecule has 0 unspecified atom stereocenters. The molecule has 122 valence electrons. The topological polar surface area (TPSA) is 59.8 Å². The Bertz CT molecular complexity index is 860. The molecule has 1 aromatic heterocycles. The predicted octanol–water partition coefficient (Wildman–Crippen LogP) is 3.54. The first-order valence-corrected chi connectivity index (χ1v) is 6.88. The minimum atomic E-state index is -4.61. The molecule has 0 radical (unpaired) electrons. The molecule has 0 spiro atoms. The molecule has 1 heterocycles. The summed E-state index contributed by atoms with van der Waals surface area (Å²) in [7, 11) is 0. The molecule has 0 saturated heterocycles. The van der Waals surface area contributed by atoms with Gasteiger partial charge in [-0.2, -0.15) is 18.3 Å². The van der Waals surface area contributed by atoms with Gasteiger partial charge in [-0.05, 0) is 24.3 Å². The van der Waals surface area contributed by atoms with Crippen LogP contribution in [0.25, 0.3) is 5.69 Å². The first kappa shape index (κ1) is 15.7. The second-order valence-electron chi connectivity index (χ2n) is 4.85. The van der Waals surface area contributed by atoms with Crippen molar-refractivity contribution in [2.45, 2.75) is 6.18 Å². The Balaban J connectivity index is 1.95. The maximum Gasteiger partial charge on any atom is 0.417 e. The predicted molar refractivity (Wildman–Crippen MR) is 80.8 cm³/mol. The van der Waals surface area contributed by atoms with E-state index in [1.165, 1.54) is 29.5 Å². The fraction of sp³-hybridized carbons (Fsp3) is 0.0625. The smallest absolute Gasteiger partial charge is 0.320 e. The third-order valence-electron chi connectivity index (χ3n) is 3.29. The number of rotatable bonds is 3. The van der Waals surface area contributed by atoms with Crippen molar-refractivity contribution in [1.29, 1.82) is 0 Å². The summed E-state index contributed by atoms with van der Waals surface area (Å²) in [4.78, 5) is 16.2. The van der Waals surface area contributed by atoms with Crippen LogP contribution in [0.3, 0.4) is 0 Å². The lowest BCUT2D eigenvalue weighted by molar-refractivity contribution is -0.137. The number of benzene rings is 2. The van der Waals surface area contributed by atoms with Crippen molar-refractivity contribution in [3.8, 4) is 5.69 Å². The summed E-state index contributed by atoms with van der Waals surface area (Å²) < 4.78 is 40.6.